The van der Waals surface area contributed by atoms with Gasteiger partial charge in [0, 0.05) is 24.3 Å². The molecule has 0 unspecified atom stereocenters. The zero-order valence-electron chi connectivity index (χ0n) is 22.3. The second-order valence-corrected chi connectivity index (χ2v) is 12.2. The van der Waals surface area contributed by atoms with E-state index in [1.807, 2.05) is 32.8 Å². The van der Waals surface area contributed by atoms with Gasteiger partial charge in [-0.15, -0.1) is 6.58 Å². The van der Waals surface area contributed by atoms with Crippen molar-refractivity contribution in [2.45, 2.75) is 95.4 Å². The molecule has 35 heavy (non-hydrogen) atoms. The maximum Gasteiger partial charge on any atom is 0.407 e. The van der Waals surface area contributed by atoms with Crippen LogP contribution in [0.4, 0.5) is 4.79 Å². The molecule has 2 aliphatic carbocycles. The molecule has 2 saturated carbocycles. The van der Waals surface area contributed by atoms with Gasteiger partial charge in [0.2, 0.25) is 0 Å². The van der Waals surface area contributed by atoms with Gasteiger partial charge < -0.3 is 35.0 Å². The molecule has 0 aromatic carbocycles. The summed E-state index contributed by atoms with van der Waals surface area (Å²) in [5.74, 6) is -1.27. The van der Waals surface area contributed by atoms with Crippen LogP contribution >= 0.6 is 0 Å². The van der Waals surface area contributed by atoms with Crippen LogP contribution in [0.5, 0.6) is 0 Å². The molecule has 9 nitrogen and oxygen atoms in total. The quantitative estimate of drug-likeness (QED) is 0.323. The number of nitrogens with zero attached hydrogens (tertiary/aromatic N) is 1. The van der Waals surface area contributed by atoms with Crippen LogP contribution in [0.15, 0.2) is 12.7 Å². The number of hydrogen-bond acceptors (Lipinski definition) is 8. The lowest BCUT2D eigenvalue weighted by Crippen LogP contribution is -2.86. The van der Waals surface area contributed by atoms with Gasteiger partial charge in [0.25, 0.3) is 0 Å². The topological polar surface area (TPSA) is 129 Å². The highest BCUT2D eigenvalue weighted by molar-refractivity contribution is 5.92. The van der Waals surface area contributed by atoms with Gasteiger partial charge in [0.05, 0.1) is 17.8 Å². The van der Waals surface area contributed by atoms with Crippen LogP contribution in [0.25, 0.3) is 0 Å². The first-order chi connectivity index (χ1) is 16.0. The zero-order valence-corrected chi connectivity index (χ0v) is 22.3. The minimum Gasteiger partial charge on any atom is -0.440 e. The Bertz CT molecular complexity index is 863. The third kappa shape index (κ3) is 4.13. The molecular weight excluding hydrogens is 452 g/mol. The van der Waals surface area contributed by atoms with Gasteiger partial charge in [0.15, 0.2) is 17.5 Å². The molecule has 1 amide bonds. The van der Waals surface area contributed by atoms with Crippen molar-refractivity contribution < 1.29 is 34.4 Å². The Labute approximate surface area is 208 Å². The SMILES string of the molecule is C=C[C@@]1(C)CC(=O)[C@]2(O)[C@@]3(C)[C@@H](O)CCC(C)(C)[C@@H]3[C@H](O)[C@H](OC(=O)NCCCN(C)C)[C@@]2(C)O1. The van der Waals surface area contributed by atoms with Crippen molar-refractivity contribution in [3.05, 3.63) is 12.7 Å². The number of Topliss-reactive ketones (excluding diaryl/α,β-unsaturated/α-hetero) is 1. The lowest BCUT2D eigenvalue weighted by atomic mass is 9.40. The van der Waals surface area contributed by atoms with Crippen LogP contribution < -0.4 is 5.32 Å². The molecule has 8 atom stereocenters. The zero-order chi connectivity index (χ0) is 26.6. The standard InChI is InChI=1S/C26H44N2O7/c1-9-23(4)15-17(30)26(33)24(5)16(29)11-12-22(2,3)19(24)18(31)20(25(26,6)35-23)34-21(32)27-13-10-14-28(7)8/h9,16,18-20,29,31,33H,1,10-15H2,2-8H3,(H,27,32)/t16-,18-,19-,20-,23-,24-,25+,26-/m0/s1. The average molecular weight is 497 g/mol. The number of fused-ring (bicyclic) bond motifs is 3. The molecule has 1 aliphatic heterocycles. The van der Waals surface area contributed by atoms with E-state index < -0.39 is 63.7 Å². The van der Waals surface area contributed by atoms with E-state index in [1.54, 1.807) is 13.8 Å². The van der Waals surface area contributed by atoms with E-state index in [2.05, 4.69) is 11.9 Å². The van der Waals surface area contributed by atoms with E-state index in [0.29, 0.717) is 25.8 Å². The number of aliphatic hydroxyl groups excluding tert-OH is 2. The van der Waals surface area contributed by atoms with Crippen molar-refractivity contribution in [1.82, 2.24) is 10.2 Å². The highest BCUT2D eigenvalue weighted by Gasteiger charge is 2.81. The lowest BCUT2D eigenvalue weighted by molar-refractivity contribution is -0.369. The Balaban J connectivity index is 2.08. The summed E-state index contributed by atoms with van der Waals surface area (Å²) in [6.07, 6.45) is -1.56. The summed E-state index contributed by atoms with van der Waals surface area (Å²) >= 11 is 0. The van der Waals surface area contributed by atoms with E-state index >= 15 is 0 Å². The van der Waals surface area contributed by atoms with E-state index in [9.17, 15) is 24.9 Å². The Kier molecular flexibility index (Phi) is 7.29. The molecule has 0 radical (unpaired) electrons. The summed E-state index contributed by atoms with van der Waals surface area (Å²) in [5.41, 5.74) is -7.22. The van der Waals surface area contributed by atoms with Gasteiger partial charge >= 0.3 is 6.09 Å². The van der Waals surface area contributed by atoms with Gasteiger partial charge in [-0.3, -0.25) is 4.79 Å². The number of ketones is 1. The molecule has 0 bridgehead atoms. The number of rotatable bonds is 6. The molecule has 1 heterocycles. The van der Waals surface area contributed by atoms with E-state index in [-0.39, 0.29) is 6.42 Å². The first-order valence-corrected chi connectivity index (χ1v) is 12.5. The van der Waals surface area contributed by atoms with Crippen LogP contribution in [0.3, 0.4) is 0 Å². The molecule has 200 valence electrons. The number of alkyl carbamates (subject to hydrolysis) is 1. The summed E-state index contributed by atoms with van der Waals surface area (Å²) in [6.45, 7) is 13.6. The van der Waals surface area contributed by atoms with Gasteiger partial charge in [-0.25, -0.2) is 4.79 Å². The Morgan fingerprint density at radius 3 is 2.46 bits per heavy atom. The number of ether oxygens (including phenoxy) is 2. The largest absolute Gasteiger partial charge is 0.440 e. The van der Waals surface area contributed by atoms with Gasteiger partial charge in [0.1, 0.15) is 5.60 Å². The molecule has 0 aromatic heterocycles. The van der Waals surface area contributed by atoms with Crippen molar-refractivity contribution >= 4 is 11.9 Å². The van der Waals surface area contributed by atoms with Crippen LogP contribution in [0.2, 0.25) is 0 Å². The molecule has 1 saturated heterocycles. The Morgan fingerprint density at radius 2 is 1.89 bits per heavy atom. The predicted molar refractivity (Wildman–Crippen MR) is 131 cm³/mol. The molecule has 3 fully saturated rings. The van der Waals surface area contributed by atoms with E-state index in [4.69, 9.17) is 9.47 Å². The third-order valence-corrected chi connectivity index (χ3v) is 9.01. The summed E-state index contributed by atoms with van der Waals surface area (Å²) in [4.78, 5) is 28.7. The van der Waals surface area contributed by atoms with Crippen molar-refractivity contribution in [1.29, 1.82) is 0 Å². The number of amides is 1. The van der Waals surface area contributed by atoms with Gasteiger partial charge in [-0.1, -0.05) is 26.8 Å². The molecule has 3 rings (SSSR count). The smallest absolute Gasteiger partial charge is 0.407 e. The highest BCUT2D eigenvalue weighted by Crippen LogP contribution is 2.67. The molecule has 0 spiro atoms. The molecular formula is C26H44N2O7. The first kappa shape index (κ1) is 28.1. The fourth-order valence-electron chi connectivity index (χ4n) is 7.22. The van der Waals surface area contributed by atoms with Crippen molar-refractivity contribution in [3.8, 4) is 0 Å². The molecule has 4 N–H and O–H groups in total. The fraction of sp³-hybridized carbons (Fsp3) is 0.846. The third-order valence-electron chi connectivity index (χ3n) is 9.01. The second-order valence-electron chi connectivity index (χ2n) is 12.2. The Hall–Kier alpha value is -1.52. The van der Waals surface area contributed by atoms with E-state index in [1.165, 1.54) is 13.0 Å². The predicted octanol–water partition coefficient (Wildman–Crippen LogP) is 1.63. The number of hydrogen-bond donors (Lipinski definition) is 4. The highest BCUT2D eigenvalue weighted by atomic mass is 16.6. The van der Waals surface area contributed by atoms with Crippen molar-refractivity contribution in [2.24, 2.45) is 16.7 Å². The van der Waals surface area contributed by atoms with Crippen LogP contribution in [-0.4, -0.2) is 94.4 Å². The van der Waals surface area contributed by atoms with Gasteiger partial charge in [-0.05, 0) is 59.2 Å². The minimum atomic E-state index is -2.22. The monoisotopic (exact) mass is 496 g/mol. The maximum absolute atomic E-state index is 13.8. The minimum absolute atomic E-state index is 0.155. The molecule has 9 heteroatoms. The van der Waals surface area contributed by atoms with Crippen molar-refractivity contribution in [2.75, 3.05) is 27.2 Å². The summed E-state index contributed by atoms with van der Waals surface area (Å²) in [5, 5.41) is 38.1. The maximum atomic E-state index is 13.8. The summed E-state index contributed by atoms with van der Waals surface area (Å²) in [6, 6.07) is 0. The second kappa shape index (κ2) is 9.10. The van der Waals surface area contributed by atoms with Crippen LogP contribution in [0.1, 0.15) is 60.3 Å². The number of carbonyl (C=O) groups is 2. The van der Waals surface area contributed by atoms with Gasteiger partial charge in [-0.2, -0.15) is 0 Å². The van der Waals surface area contributed by atoms with Crippen molar-refractivity contribution in [3.63, 3.8) is 0 Å². The molecule has 3 aliphatic rings. The number of aliphatic hydroxyl groups is 3. The first-order valence-electron chi connectivity index (χ1n) is 12.5. The Morgan fingerprint density at radius 1 is 1.26 bits per heavy atom. The fourth-order valence-corrected chi connectivity index (χ4v) is 7.22. The number of carbonyl (C=O) groups excluding carboxylic acids is 2. The summed E-state index contributed by atoms with van der Waals surface area (Å²) in [7, 11) is 3.87. The average Bonchev–Trinajstić information content (AvgIpc) is 2.74. The van der Waals surface area contributed by atoms with E-state index in [0.717, 1.165) is 6.54 Å². The molecule has 0 aromatic rings. The lowest BCUT2D eigenvalue weighted by Gasteiger charge is -2.71. The van der Waals surface area contributed by atoms with Crippen LogP contribution in [0, 0.1) is 16.7 Å². The number of nitrogens with one attached hydrogen (secondary N) is 1. The normalized spacial score (nSPS) is 44.8. The summed E-state index contributed by atoms with van der Waals surface area (Å²) < 4.78 is 12.2. The van der Waals surface area contributed by atoms with Crippen LogP contribution in [-0.2, 0) is 14.3 Å².